The molecule has 0 heterocycles. The lowest BCUT2D eigenvalue weighted by atomic mass is 10.1. The van der Waals surface area contributed by atoms with E-state index in [-0.39, 0.29) is 5.75 Å². The molecule has 6 nitrogen and oxygen atoms in total. The van der Waals surface area contributed by atoms with Gasteiger partial charge in [-0.3, -0.25) is 5.43 Å². The van der Waals surface area contributed by atoms with Crippen molar-refractivity contribution in [3.8, 4) is 17.6 Å². The second kappa shape index (κ2) is 7.67. The van der Waals surface area contributed by atoms with E-state index >= 15 is 0 Å². The summed E-state index contributed by atoms with van der Waals surface area (Å²) in [4.78, 5) is 10.8. The number of halogens is 1. The minimum absolute atomic E-state index is 0.257. The molecule has 24 heavy (non-hydrogen) atoms. The van der Waals surface area contributed by atoms with Crippen LogP contribution in [0.1, 0.15) is 11.1 Å². The summed E-state index contributed by atoms with van der Waals surface area (Å²) in [6.07, 6.45) is 0. The number of carboxylic acid groups (broad SMARTS) is 1. The van der Waals surface area contributed by atoms with Gasteiger partial charge in [-0.05, 0) is 30.3 Å². The quantitative estimate of drug-likeness (QED) is 0.221. The van der Waals surface area contributed by atoms with Crippen molar-refractivity contribution in [2.75, 3.05) is 0 Å². The maximum absolute atomic E-state index is 13.8. The van der Waals surface area contributed by atoms with Gasteiger partial charge in [-0.1, -0.05) is 30.0 Å². The Morgan fingerprint density at radius 1 is 1.12 bits per heavy atom. The van der Waals surface area contributed by atoms with E-state index in [1.54, 1.807) is 0 Å². The lowest BCUT2D eigenvalue weighted by Gasteiger charge is -2.11. The van der Waals surface area contributed by atoms with Crippen LogP contribution in [-0.4, -0.2) is 11.1 Å². The fourth-order valence-electron chi connectivity index (χ4n) is 1.69. The molecule has 2 rings (SSSR count). The van der Waals surface area contributed by atoms with Crippen molar-refractivity contribution in [1.82, 2.24) is 5.43 Å². The van der Waals surface area contributed by atoms with Crippen LogP contribution in [0.15, 0.2) is 60.1 Å². The zero-order valence-electron chi connectivity index (χ0n) is 12.4. The topological polar surface area (TPSA) is 111 Å². The number of ether oxygens (including phenoxy) is 1. The third-order valence-corrected chi connectivity index (χ3v) is 2.87. The third-order valence-electron chi connectivity index (χ3n) is 2.87. The minimum Gasteiger partial charge on any atom is -0.476 e. The molecule has 0 fully saturated rings. The summed E-state index contributed by atoms with van der Waals surface area (Å²) >= 11 is 0. The number of nitrogens with two attached hydrogens (primary N) is 2. The summed E-state index contributed by atoms with van der Waals surface area (Å²) in [6.45, 7) is 0. The van der Waals surface area contributed by atoms with Gasteiger partial charge in [0.15, 0.2) is 17.3 Å². The maximum atomic E-state index is 13.8. The molecular weight excluding hydrogens is 313 g/mol. The van der Waals surface area contributed by atoms with Crippen molar-refractivity contribution >= 4 is 5.97 Å². The Balaban J connectivity index is 2.31. The fraction of sp³-hybridized carbons (Fsp3) is 0. The van der Waals surface area contributed by atoms with Gasteiger partial charge in [0.1, 0.15) is 0 Å². The van der Waals surface area contributed by atoms with Gasteiger partial charge >= 0.3 is 5.97 Å². The van der Waals surface area contributed by atoms with Gasteiger partial charge in [0.25, 0.3) is 0 Å². The largest absolute Gasteiger partial charge is 0.476 e. The summed E-state index contributed by atoms with van der Waals surface area (Å²) in [5.41, 5.74) is 7.87. The molecule has 7 heteroatoms. The van der Waals surface area contributed by atoms with Crippen LogP contribution in [0.2, 0.25) is 0 Å². The Labute approximate surface area is 137 Å². The third kappa shape index (κ3) is 4.25. The molecule has 2 aromatic carbocycles. The van der Waals surface area contributed by atoms with E-state index in [9.17, 15) is 9.18 Å². The van der Waals surface area contributed by atoms with Gasteiger partial charge in [-0.15, -0.1) is 0 Å². The highest BCUT2D eigenvalue weighted by Gasteiger charge is 2.14. The van der Waals surface area contributed by atoms with Crippen LogP contribution in [0.3, 0.4) is 0 Å². The van der Waals surface area contributed by atoms with Crippen molar-refractivity contribution in [3.63, 3.8) is 0 Å². The molecule has 6 N–H and O–H groups in total. The predicted octanol–water partition coefficient (Wildman–Crippen LogP) is 1.28. The van der Waals surface area contributed by atoms with Gasteiger partial charge < -0.3 is 15.6 Å². The highest BCUT2D eigenvalue weighted by molar-refractivity contribution is 5.85. The van der Waals surface area contributed by atoms with Crippen molar-refractivity contribution in [2.45, 2.75) is 0 Å². The molecule has 122 valence electrons. The average Bonchev–Trinajstić information content (AvgIpc) is 2.60. The molecule has 0 radical (unpaired) electrons. The van der Waals surface area contributed by atoms with E-state index in [0.717, 1.165) is 11.6 Å². The molecule has 0 aliphatic rings. The molecule has 0 saturated carbocycles. The monoisotopic (exact) mass is 327 g/mol. The summed E-state index contributed by atoms with van der Waals surface area (Å²) in [7, 11) is 0. The van der Waals surface area contributed by atoms with Crippen molar-refractivity contribution in [2.24, 2.45) is 11.6 Å². The normalized spacial score (nSPS) is 10.9. The first kappa shape index (κ1) is 16.9. The Bertz CT molecular complexity index is 839. The van der Waals surface area contributed by atoms with E-state index in [2.05, 4.69) is 11.8 Å². The lowest BCUT2D eigenvalue weighted by molar-refractivity contribution is -0.132. The first-order chi connectivity index (χ1) is 11.5. The molecule has 0 atom stereocenters. The van der Waals surface area contributed by atoms with Crippen LogP contribution in [0.5, 0.6) is 5.75 Å². The summed E-state index contributed by atoms with van der Waals surface area (Å²) in [5.74, 6) is 8.03. The summed E-state index contributed by atoms with van der Waals surface area (Å²) < 4.78 is 18.9. The smallest absolute Gasteiger partial charge is 0.357 e. The number of hydrogen-bond donors (Lipinski definition) is 4. The van der Waals surface area contributed by atoms with Crippen LogP contribution in [-0.2, 0) is 4.79 Å². The van der Waals surface area contributed by atoms with Crippen LogP contribution < -0.4 is 21.7 Å². The zero-order chi connectivity index (χ0) is 17.5. The highest BCUT2D eigenvalue weighted by Crippen LogP contribution is 2.20. The number of nitrogens with one attached hydrogen (secondary N) is 1. The molecule has 0 amide bonds. The molecule has 0 aliphatic carbocycles. The van der Waals surface area contributed by atoms with Crippen molar-refractivity contribution < 1.29 is 19.0 Å². The molecule has 0 aliphatic heterocycles. The zero-order valence-corrected chi connectivity index (χ0v) is 12.4. The molecular formula is C17H14FN3O3. The number of carboxylic acids is 1. The number of aliphatic carboxylic acids is 1. The second-order valence-corrected chi connectivity index (χ2v) is 4.56. The molecule has 2 aromatic rings. The molecule has 0 saturated heterocycles. The van der Waals surface area contributed by atoms with Gasteiger partial charge in [0.05, 0.1) is 0 Å². The van der Waals surface area contributed by atoms with E-state index < -0.39 is 23.4 Å². The maximum Gasteiger partial charge on any atom is 0.357 e. The van der Waals surface area contributed by atoms with E-state index in [1.165, 1.54) is 12.1 Å². The van der Waals surface area contributed by atoms with Gasteiger partial charge in [0, 0.05) is 11.1 Å². The number of hydrogen-bond acceptors (Lipinski definition) is 5. The molecule has 0 bridgehead atoms. The molecule has 0 unspecified atom stereocenters. The number of benzene rings is 2. The molecule has 0 spiro atoms. The number of hydrazine groups is 1. The fourth-order valence-corrected chi connectivity index (χ4v) is 1.69. The van der Waals surface area contributed by atoms with Crippen molar-refractivity contribution in [1.29, 1.82) is 0 Å². The van der Waals surface area contributed by atoms with Gasteiger partial charge in [-0.2, -0.15) is 0 Å². The number of rotatable bonds is 4. The highest BCUT2D eigenvalue weighted by atomic mass is 19.1. The lowest BCUT2D eigenvalue weighted by Crippen LogP contribution is -2.31. The average molecular weight is 327 g/mol. The van der Waals surface area contributed by atoms with Crippen molar-refractivity contribution in [3.05, 3.63) is 77.1 Å². The Kier molecular flexibility index (Phi) is 5.39. The Morgan fingerprint density at radius 2 is 1.79 bits per heavy atom. The van der Waals surface area contributed by atoms with Gasteiger partial charge in [0.2, 0.25) is 5.88 Å². The number of carbonyl (C=O) groups is 1. The van der Waals surface area contributed by atoms with Crippen LogP contribution >= 0.6 is 0 Å². The minimum atomic E-state index is -1.46. The summed E-state index contributed by atoms with van der Waals surface area (Å²) in [5, 5.41) is 8.82. The van der Waals surface area contributed by atoms with Gasteiger partial charge in [-0.25, -0.2) is 15.0 Å². The SMILES string of the molecule is NN/C(Oc1cc(C#Cc2ccccc2)ccc1F)=C(\N)C(=O)O. The van der Waals surface area contributed by atoms with Crippen LogP contribution in [0, 0.1) is 17.7 Å². The first-order valence-electron chi connectivity index (χ1n) is 6.75. The van der Waals surface area contributed by atoms with E-state index in [0.29, 0.717) is 5.56 Å². The van der Waals surface area contributed by atoms with Crippen LogP contribution in [0.4, 0.5) is 4.39 Å². The standard InChI is InChI=1S/C17H14FN3O3/c18-13-9-8-12(7-6-11-4-2-1-3-5-11)10-14(13)24-16(21-20)15(19)17(22)23/h1-5,8-10,21H,19-20H2,(H,22,23)/b16-15+. The predicted molar refractivity (Wildman–Crippen MR) is 85.6 cm³/mol. The van der Waals surface area contributed by atoms with Crippen LogP contribution in [0.25, 0.3) is 0 Å². The Hall–Kier alpha value is -3.50. The molecule has 0 aromatic heterocycles. The summed E-state index contributed by atoms with van der Waals surface area (Å²) in [6, 6.07) is 13.2. The van der Waals surface area contributed by atoms with E-state index in [4.69, 9.17) is 21.4 Å². The Morgan fingerprint density at radius 3 is 2.42 bits per heavy atom. The second-order valence-electron chi connectivity index (χ2n) is 4.56. The van der Waals surface area contributed by atoms with E-state index in [1.807, 2.05) is 35.8 Å². The first-order valence-corrected chi connectivity index (χ1v) is 6.75.